The minimum Gasteiger partial charge on any atom is -0.325 e. The van der Waals surface area contributed by atoms with Gasteiger partial charge in [0, 0.05) is 18.5 Å². The minimum atomic E-state index is 0.766. The van der Waals surface area contributed by atoms with Crippen molar-refractivity contribution < 1.29 is 4.48 Å². The van der Waals surface area contributed by atoms with E-state index in [0.29, 0.717) is 0 Å². The van der Waals surface area contributed by atoms with E-state index in [0.717, 1.165) is 43.0 Å². The van der Waals surface area contributed by atoms with Crippen molar-refractivity contribution in [2.75, 3.05) is 33.7 Å². The zero-order valence-electron chi connectivity index (χ0n) is 17.2. The number of quaternary nitrogens is 1. The zero-order chi connectivity index (χ0) is 18.7. The number of hydrogen-bond acceptors (Lipinski definition) is 2. The largest absolute Gasteiger partial charge is 0.325 e. The van der Waals surface area contributed by atoms with Gasteiger partial charge >= 0.3 is 0 Å². The van der Waals surface area contributed by atoms with E-state index in [4.69, 9.17) is 0 Å². The SMILES string of the molecule is CCN=C=NCCC[N+](C)(C)Cc1ccc(C2CCCCCCC2)cc1. The molecule has 26 heavy (non-hydrogen) atoms. The van der Waals surface area contributed by atoms with Gasteiger partial charge in [0.2, 0.25) is 0 Å². The summed E-state index contributed by atoms with van der Waals surface area (Å²) in [5.41, 5.74) is 3.01. The highest BCUT2D eigenvalue weighted by molar-refractivity contribution is 5.40. The van der Waals surface area contributed by atoms with Crippen LogP contribution in [0.5, 0.6) is 0 Å². The number of hydrogen-bond donors (Lipinski definition) is 0. The van der Waals surface area contributed by atoms with Crippen molar-refractivity contribution >= 4 is 6.01 Å². The predicted molar refractivity (Wildman–Crippen MR) is 112 cm³/mol. The molecular weight excluding hydrogens is 318 g/mol. The molecule has 144 valence electrons. The fourth-order valence-electron chi connectivity index (χ4n) is 4.01. The lowest BCUT2D eigenvalue weighted by Crippen LogP contribution is -2.39. The van der Waals surface area contributed by atoms with E-state index in [-0.39, 0.29) is 0 Å². The molecule has 0 radical (unpaired) electrons. The van der Waals surface area contributed by atoms with Crippen molar-refractivity contribution in [2.24, 2.45) is 9.98 Å². The van der Waals surface area contributed by atoms with Crippen LogP contribution in [-0.4, -0.2) is 44.2 Å². The molecule has 0 atom stereocenters. The Bertz CT molecular complexity index is 560. The molecule has 1 aliphatic carbocycles. The average molecular weight is 357 g/mol. The van der Waals surface area contributed by atoms with Gasteiger partial charge in [0.1, 0.15) is 6.54 Å². The molecule has 1 aliphatic rings. The van der Waals surface area contributed by atoms with E-state index in [1.165, 1.54) is 50.5 Å². The van der Waals surface area contributed by atoms with Crippen LogP contribution in [0.25, 0.3) is 0 Å². The lowest BCUT2D eigenvalue weighted by atomic mass is 9.86. The van der Waals surface area contributed by atoms with Crippen molar-refractivity contribution in [1.29, 1.82) is 0 Å². The predicted octanol–water partition coefficient (Wildman–Crippen LogP) is 5.67. The number of nitrogens with zero attached hydrogens (tertiary/aromatic N) is 3. The van der Waals surface area contributed by atoms with E-state index < -0.39 is 0 Å². The van der Waals surface area contributed by atoms with Gasteiger partial charge in [0.25, 0.3) is 0 Å². The number of benzene rings is 1. The molecule has 0 N–H and O–H groups in total. The maximum Gasteiger partial charge on any atom is 0.104 e. The van der Waals surface area contributed by atoms with Crippen LogP contribution in [0.3, 0.4) is 0 Å². The van der Waals surface area contributed by atoms with Gasteiger partial charge in [-0.25, -0.2) is 9.98 Å². The molecule has 0 unspecified atom stereocenters. The van der Waals surface area contributed by atoms with E-state index in [9.17, 15) is 0 Å². The Labute approximate surface area is 160 Å². The second-order valence-electron chi connectivity index (χ2n) is 8.41. The van der Waals surface area contributed by atoms with Crippen molar-refractivity contribution in [3.05, 3.63) is 35.4 Å². The van der Waals surface area contributed by atoms with Crippen LogP contribution in [0.1, 0.15) is 75.3 Å². The Balaban J connectivity index is 1.83. The van der Waals surface area contributed by atoms with E-state index in [2.05, 4.69) is 54.4 Å². The molecule has 0 amide bonds. The summed E-state index contributed by atoms with van der Waals surface area (Å²) < 4.78 is 1.00. The maximum atomic E-state index is 4.22. The van der Waals surface area contributed by atoms with Gasteiger partial charge in [0.05, 0.1) is 33.2 Å². The molecule has 1 saturated carbocycles. The van der Waals surface area contributed by atoms with Crippen LogP contribution in [0.4, 0.5) is 0 Å². The summed E-state index contributed by atoms with van der Waals surface area (Å²) in [6, 6.07) is 12.3. The Morgan fingerprint density at radius 1 is 0.962 bits per heavy atom. The average Bonchev–Trinajstić information content (AvgIpc) is 2.58. The van der Waals surface area contributed by atoms with Crippen molar-refractivity contribution in [3.8, 4) is 0 Å². The lowest BCUT2D eigenvalue weighted by molar-refractivity contribution is -0.903. The second kappa shape index (κ2) is 11.3. The molecule has 2 rings (SSSR count). The number of rotatable bonds is 8. The first-order valence-corrected chi connectivity index (χ1v) is 10.6. The molecule has 3 nitrogen and oxygen atoms in total. The summed E-state index contributed by atoms with van der Waals surface area (Å²) in [4.78, 5) is 8.23. The monoisotopic (exact) mass is 356 g/mol. The van der Waals surface area contributed by atoms with Gasteiger partial charge < -0.3 is 4.48 Å². The first kappa shape index (κ1) is 20.9. The summed E-state index contributed by atoms with van der Waals surface area (Å²) in [5, 5.41) is 0. The minimum absolute atomic E-state index is 0.766. The molecule has 3 heteroatoms. The standard InChI is InChI=1S/C23H38N3/c1-4-24-20-25-17-10-18-26(2,3)19-21-13-15-23(16-14-21)22-11-8-6-5-7-9-12-22/h13-16,22H,4-12,17-19H2,1-3H3/q+1. The normalized spacial score (nSPS) is 16.4. The van der Waals surface area contributed by atoms with Gasteiger partial charge in [-0.15, -0.1) is 0 Å². The molecule has 1 aromatic carbocycles. The van der Waals surface area contributed by atoms with Crippen LogP contribution in [0.15, 0.2) is 34.3 Å². The molecule has 0 aromatic heterocycles. The third-order valence-electron chi connectivity index (χ3n) is 5.50. The fourth-order valence-corrected chi connectivity index (χ4v) is 4.01. The maximum absolute atomic E-state index is 4.22. The first-order valence-electron chi connectivity index (χ1n) is 10.6. The number of aliphatic imine (C=N–C) groups is 2. The molecule has 1 fully saturated rings. The third kappa shape index (κ3) is 7.85. The van der Waals surface area contributed by atoms with Crippen molar-refractivity contribution in [2.45, 2.75) is 70.8 Å². The quantitative estimate of drug-likeness (QED) is 0.325. The Kier molecular flexibility index (Phi) is 9.08. The van der Waals surface area contributed by atoms with Crippen LogP contribution in [-0.2, 0) is 6.54 Å². The fraction of sp³-hybridized carbons (Fsp3) is 0.696. The molecule has 0 bridgehead atoms. The topological polar surface area (TPSA) is 24.7 Å². The summed E-state index contributed by atoms with van der Waals surface area (Å²) in [5.74, 6) is 0.787. The molecule has 1 aromatic rings. The summed E-state index contributed by atoms with van der Waals surface area (Å²) >= 11 is 0. The molecular formula is C23H38N3+. The third-order valence-corrected chi connectivity index (χ3v) is 5.50. The van der Waals surface area contributed by atoms with Gasteiger partial charge in [-0.2, -0.15) is 0 Å². The first-order chi connectivity index (χ1) is 12.6. The van der Waals surface area contributed by atoms with Crippen molar-refractivity contribution in [1.82, 2.24) is 0 Å². The molecule has 0 spiro atoms. The van der Waals surface area contributed by atoms with E-state index in [1.807, 2.05) is 6.92 Å². The highest BCUT2D eigenvalue weighted by atomic mass is 15.3. The summed E-state index contributed by atoms with van der Waals surface area (Å²) in [6.45, 7) is 5.80. The van der Waals surface area contributed by atoms with E-state index >= 15 is 0 Å². The Morgan fingerprint density at radius 2 is 1.62 bits per heavy atom. The molecule has 0 saturated heterocycles. The zero-order valence-corrected chi connectivity index (χ0v) is 17.2. The van der Waals surface area contributed by atoms with Crippen LogP contribution < -0.4 is 0 Å². The van der Waals surface area contributed by atoms with Gasteiger partial charge in [-0.1, -0.05) is 56.4 Å². The van der Waals surface area contributed by atoms with Gasteiger partial charge in [-0.3, -0.25) is 0 Å². The summed E-state index contributed by atoms with van der Waals surface area (Å²) in [6.07, 6.45) is 10.9. The Hall–Kier alpha value is -1.44. The van der Waals surface area contributed by atoms with Crippen LogP contribution in [0, 0.1) is 0 Å². The van der Waals surface area contributed by atoms with Crippen LogP contribution in [0.2, 0.25) is 0 Å². The highest BCUT2D eigenvalue weighted by Gasteiger charge is 2.17. The van der Waals surface area contributed by atoms with Crippen LogP contribution >= 0.6 is 0 Å². The lowest BCUT2D eigenvalue weighted by Gasteiger charge is -2.30. The second-order valence-corrected chi connectivity index (χ2v) is 8.41. The Morgan fingerprint density at radius 3 is 2.27 bits per heavy atom. The van der Waals surface area contributed by atoms with E-state index in [1.54, 1.807) is 5.56 Å². The molecule has 0 aliphatic heterocycles. The van der Waals surface area contributed by atoms with Crippen molar-refractivity contribution in [3.63, 3.8) is 0 Å². The molecule has 0 heterocycles. The van der Waals surface area contributed by atoms with Gasteiger partial charge in [0.15, 0.2) is 0 Å². The van der Waals surface area contributed by atoms with Gasteiger partial charge in [-0.05, 0) is 31.2 Å². The summed E-state index contributed by atoms with van der Waals surface area (Å²) in [7, 11) is 4.62. The highest BCUT2D eigenvalue weighted by Crippen LogP contribution is 2.31. The smallest absolute Gasteiger partial charge is 0.104 e.